The van der Waals surface area contributed by atoms with E-state index in [4.69, 9.17) is 9.47 Å². The average molecular weight is 293 g/mol. The maximum atomic E-state index is 11.2. The normalized spacial score (nSPS) is 10.4. The third-order valence-corrected chi connectivity index (χ3v) is 3.06. The van der Waals surface area contributed by atoms with E-state index in [1.807, 2.05) is 19.1 Å². The molecule has 0 aromatic heterocycles. The van der Waals surface area contributed by atoms with E-state index < -0.39 is 0 Å². The molecule has 0 amide bonds. The minimum atomic E-state index is -0.118. The molecule has 4 nitrogen and oxygen atoms in total. The molecular formula is C17H27NO3. The summed E-state index contributed by atoms with van der Waals surface area (Å²) in [5.74, 6) is 0.808. The van der Waals surface area contributed by atoms with Gasteiger partial charge in [0.15, 0.2) is 0 Å². The first-order valence-corrected chi connectivity index (χ1v) is 7.84. The van der Waals surface area contributed by atoms with Gasteiger partial charge >= 0.3 is 5.97 Å². The van der Waals surface area contributed by atoms with Crippen LogP contribution in [0.15, 0.2) is 24.3 Å². The van der Waals surface area contributed by atoms with Crippen LogP contribution in [0.3, 0.4) is 0 Å². The molecule has 1 aromatic carbocycles. The zero-order chi connectivity index (χ0) is 15.3. The summed E-state index contributed by atoms with van der Waals surface area (Å²) in [7, 11) is 0. The highest BCUT2D eigenvalue weighted by Gasteiger charge is 2.00. The summed E-state index contributed by atoms with van der Waals surface area (Å²) in [5, 5.41) is 3.32. The van der Waals surface area contributed by atoms with Gasteiger partial charge < -0.3 is 14.8 Å². The van der Waals surface area contributed by atoms with Crippen LogP contribution in [0, 0.1) is 0 Å². The minimum absolute atomic E-state index is 0.118. The predicted molar refractivity (Wildman–Crippen MR) is 84.4 cm³/mol. The Hall–Kier alpha value is -1.55. The van der Waals surface area contributed by atoms with Crippen LogP contribution in [0.5, 0.6) is 5.75 Å². The average Bonchev–Trinajstić information content (AvgIpc) is 2.49. The highest BCUT2D eigenvalue weighted by Crippen LogP contribution is 2.12. The topological polar surface area (TPSA) is 47.6 Å². The van der Waals surface area contributed by atoms with Crippen molar-refractivity contribution < 1.29 is 14.3 Å². The second-order valence-electron chi connectivity index (χ2n) is 4.93. The van der Waals surface area contributed by atoms with Crippen molar-refractivity contribution >= 4 is 5.97 Å². The zero-order valence-electron chi connectivity index (χ0n) is 13.2. The number of rotatable bonds is 11. The number of hydrogen-bond acceptors (Lipinski definition) is 4. The summed E-state index contributed by atoms with van der Waals surface area (Å²) in [6.07, 6.45) is 3.51. The summed E-state index contributed by atoms with van der Waals surface area (Å²) in [6, 6.07) is 8.15. The lowest BCUT2D eigenvalue weighted by Crippen LogP contribution is -2.16. The van der Waals surface area contributed by atoms with Gasteiger partial charge in [-0.15, -0.1) is 0 Å². The number of carbonyl (C=O) groups excluding carboxylic acids is 1. The van der Waals surface area contributed by atoms with Crippen molar-refractivity contribution in [2.45, 2.75) is 46.1 Å². The fourth-order valence-corrected chi connectivity index (χ4v) is 1.86. The molecule has 0 aliphatic rings. The van der Waals surface area contributed by atoms with Crippen LogP contribution in [-0.4, -0.2) is 25.7 Å². The quantitative estimate of drug-likeness (QED) is 0.502. The van der Waals surface area contributed by atoms with E-state index in [9.17, 15) is 4.79 Å². The maximum Gasteiger partial charge on any atom is 0.305 e. The Morgan fingerprint density at radius 1 is 1.14 bits per heavy atom. The van der Waals surface area contributed by atoms with E-state index in [1.54, 1.807) is 0 Å². The summed E-state index contributed by atoms with van der Waals surface area (Å²) >= 11 is 0. The first-order chi connectivity index (χ1) is 10.3. The fourth-order valence-electron chi connectivity index (χ4n) is 1.86. The van der Waals surface area contributed by atoms with Crippen LogP contribution in [0.25, 0.3) is 0 Å². The molecule has 0 bridgehead atoms. The molecule has 0 fully saturated rings. The number of benzene rings is 1. The van der Waals surface area contributed by atoms with Crippen LogP contribution in [-0.2, 0) is 16.1 Å². The predicted octanol–water partition coefficient (Wildman–Crippen LogP) is 3.30. The summed E-state index contributed by atoms with van der Waals surface area (Å²) in [6.45, 7) is 6.83. The SMILES string of the molecule is CCCCOc1ccc(CNCCCC(=O)OCC)cc1. The van der Waals surface area contributed by atoms with Gasteiger partial charge in [0.05, 0.1) is 13.2 Å². The summed E-state index contributed by atoms with van der Waals surface area (Å²) in [5.41, 5.74) is 1.22. The third kappa shape index (κ3) is 8.35. The molecule has 0 aliphatic carbocycles. The van der Waals surface area contributed by atoms with Gasteiger partial charge in [-0.05, 0) is 44.0 Å². The Bertz CT molecular complexity index is 390. The lowest BCUT2D eigenvalue weighted by atomic mass is 10.2. The number of ether oxygens (including phenoxy) is 2. The Morgan fingerprint density at radius 2 is 1.90 bits per heavy atom. The van der Waals surface area contributed by atoms with Crippen molar-refractivity contribution in [2.24, 2.45) is 0 Å². The van der Waals surface area contributed by atoms with E-state index in [1.165, 1.54) is 5.56 Å². The molecule has 0 spiro atoms. The van der Waals surface area contributed by atoms with Gasteiger partial charge in [-0.2, -0.15) is 0 Å². The van der Waals surface area contributed by atoms with E-state index >= 15 is 0 Å². The number of unbranched alkanes of at least 4 members (excludes halogenated alkanes) is 1. The number of nitrogens with one attached hydrogen (secondary N) is 1. The lowest BCUT2D eigenvalue weighted by molar-refractivity contribution is -0.143. The molecule has 0 aliphatic heterocycles. The highest BCUT2D eigenvalue weighted by molar-refractivity contribution is 5.69. The number of esters is 1. The molecule has 0 heterocycles. The molecule has 0 saturated heterocycles. The molecule has 1 rings (SSSR count). The van der Waals surface area contributed by atoms with E-state index in [-0.39, 0.29) is 5.97 Å². The van der Waals surface area contributed by atoms with Gasteiger partial charge in [0.1, 0.15) is 5.75 Å². The van der Waals surface area contributed by atoms with Gasteiger partial charge in [0, 0.05) is 13.0 Å². The van der Waals surface area contributed by atoms with Gasteiger partial charge in [0.25, 0.3) is 0 Å². The molecule has 0 unspecified atom stereocenters. The summed E-state index contributed by atoms with van der Waals surface area (Å²) in [4.78, 5) is 11.2. The second-order valence-corrected chi connectivity index (χ2v) is 4.93. The van der Waals surface area contributed by atoms with Gasteiger partial charge in [-0.3, -0.25) is 4.79 Å². The van der Waals surface area contributed by atoms with Crippen LogP contribution < -0.4 is 10.1 Å². The number of carbonyl (C=O) groups is 1. The number of hydrogen-bond donors (Lipinski definition) is 1. The monoisotopic (exact) mass is 293 g/mol. The third-order valence-electron chi connectivity index (χ3n) is 3.06. The molecule has 21 heavy (non-hydrogen) atoms. The largest absolute Gasteiger partial charge is 0.494 e. The smallest absolute Gasteiger partial charge is 0.305 e. The van der Waals surface area contributed by atoms with E-state index in [2.05, 4.69) is 24.4 Å². The molecule has 0 radical (unpaired) electrons. The van der Waals surface area contributed by atoms with Crippen LogP contribution in [0.1, 0.15) is 45.1 Å². The van der Waals surface area contributed by atoms with Crippen molar-refractivity contribution in [1.82, 2.24) is 5.32 Å². The molecule has 1 N–H and O–H groups in total. The van der Waals surface area contributed by atoms with E-state index in [0.29, 0.717) is 13.0 Å². The van der Waals surface area contributed by atoms with Crippen LogP contribution in [0.2, 0.25) is 0 Å². The van der Waals surface area contributed by atoms with Crippen molar-refractivity contribution in [1.29, 1.82) is 0 Å². The van der Waals surface area contributed by atoms with Crippen molar-refractivity contribution in [3.05, 3.63) is 29.8 Å². The standard InChI is InChI=1S/C17H27NO3/c1-3-5-13-21-16-10-8-15(9-11-16)14-18-12-6-7-17(19)20-4-2/h8-11,18H,3-7,12-14H2,1-2H3. The Kier molecular flexibility index (Phi) is 9.29. The van der Waals surface area contributed by atoms with Gasteiger partial charge in [-0.1, -0.05) is 25.5 Å². The summed E-state index contributed by atoms with van der Waals surface area (Å²) < 4.78 is 10.5. The van der Waals surface area contributed by atoms with Gasteiger partial charge in [0.2, 0.25) is 0 Å². The maximum absolute atomic E-state index is 11.2. The second kappa shape index (κ2) is 11.1. The Balaban J connectivity index is 2.13. The lowest BCUT2D eigenvalue weighted by Gasteiger charge is -2.08. The Labute approximate surface area is 127 Å². The first-order valence-electron chi connectivity index (χ1n) is 7.84. The molecule has 4 heteroatoms. The highest BCUT2D eigenvalue weighted by atomic mass is 16.5. The molecule has 0 atom stereocenters. The molecule has 1 aromatic rings. The Morgan fingerprint density at radius 3 is 2.57 bits per heavy atom. The minimum Gasteiger partial charge on any atom is -0.494 e. The first kappa shape index (κ1) is 17.5. The van der Waals surface area contributed by atoms with Crippen LogP contribution >= 0.6 is 0 Å². The molecule has 118 valence electrons. The molecule has 0 saturated carbocycles. The molecular weight excluding hydrogens is 266 g/mol. The van der Waals surface area contributed by atoms with E-state index in [0.717, 1.165) is 44.7 Å². The zero-order valence-corrected chi connectivity index (χ0v) is 13.2. The van der Waals surface area contributed by atoms with Crippen molar-refractivity contribution in [3.63, 3.8) is 0 Å². The van der Waals surface area contributed by atoms with Crippen molar-refractivity contribution in [2.75, 3.05) is 19.8 Å². The fraction of sp³-hybridized carbons (Fsp3) is 0.588. The van der Waals surface area contributed by atoms with Crippen molar-refractivity contribution in [3.8, 4) is 5.75 Å². The van der Waals surface area contributed by atoms with Gasteiger partial charge in [-0.25, -0.2) is 0 Å². The van der Waals surface area contributed by atoms with Crippen LogP contribution in [0.4, 0.5) is 0 Å².